The molecule has 0 saturated heterocycles. The van der Waals surface area contributed by atoms with Crippen molar-refractivity contribution in [3.8, 4) is 0 Å². The molecule has 0 spiro atoms. The van der Waals surface area contributed by atoms with Gasteiger partial charge in [-0.05, 0) is 19.4 Å². The summed E-state index contributed by atoms with van der Waals surface area (Å²) in [7, 11) is -2.46. The summed E-state index contributed by atoms with van der Waals surface area (Å²) in [6, 6.07) is 3.97. The summed E-state index contributed by atoms with van der Waals surface area (Å²) in [4.78, 5) is 9.86. The Labute approximate surface area is 86.4 Å². The number of nitrogens with zero attached hydrogens (tertiary/aromatic N) is 1. The number of hydrogen-bond donors (Lipinski definition) is 0. The molecular weight excluding hydrogens is 225 g/mol. The molecule has 76 valence electrons. The van der Waals surface area contributed by atoms with E-state index in [2.05, 4.69) is 0 Å². The standard InChI is InChI=1S/C8H9ClNO3P/c1-14(2,13)8-4-3-6(10(11)12)5-7(8)9/h3-5H,1-2H3. The molecule has 0 bridgehead atoms. The predicted molar refractivity (Wildman–Crippen MR) is 57.2 cm³/mol. The first kappa shape index (κ1) is 11.2. The van der Waals surface area contributed by atoms with Crippen LogP contribution in [0.5, 0.6) is 0 Å². The van der Waals surface area contributed by atoms with Gasteiger partial charge in [-0.1, -0.05) is 11.6 Å². The molecule has 0 atom stereocenters. The Balaban J connectivity index is 3.28. The monoisotopic (exact) mass is 233 g/mol. The van der Waals surface area contributed by atoms with Crippen molar-refractivity contribution >= 4 is 29.7 Å². The molecule has 0 radical (unpaired) electrons. The Hall–Kier alpha value is -0.860. The average Bonchev–Trinajstić information content (AvgIpc) is 2.01. The highest BCUT2D eigenvalue weighted by Gasteiger charge is 2.17. The summed E-state index contributed by atoms with van der Waals surface area (Å²) in [6.45, 7) is 3.14. The van der Waals surface area contributed by atoms with Gasteiger partial charge in [-0.2, -0.15) is 0 Å². The molecule has 0 N–H and O–H groups in total. The van der Waals surface area contributed by atoms with E-state index in [4.69, 9.17) is 11.6 Å². The first-order valence-corrected chi connectivity index (χ1v) is 6.80. The predicted octanol–water partition coefficient (Wildman–Crippen LogP) is 2.50. The highest BCUT2D eigenvalue weighted by molar-refractivity contribution is 7.70. The Morgan fingerprint density at radius 2 is 2.00 bits per heavy atom. The van der Waals surface area contributed by atoms with E-state index in [-0.39, 0.29) is 10.7 Å². The van der Waals surface area contributed by atoms with Crippen LogP contribution in [0.15, 0.2) is 18.2 Å². The van der Waals surface area contributed by atoms with Crippen LogP contribution in [-0.4, -0.2) is 18.3 Å². The lowest BCUT2D eigenvalue weighted by Gasteiger charge is -2.08. The molecule has 0 aliphatic rings. The molecule has 14 heavy (non-hydrogen) atoms. The van der Waals surface area contributed by atoms with Gasteiger partial charge in [0.2, 0.25) is 0 Å². The fourth-order valence-corrected chi connectivity index (χ4v) is 2.84. The first-order chi connectivity index (χ1) is 6.32. The van der Waals surface area contributed by atoms with E-state index in [9.17, 15) is 14.7 Å². The van der Waals surface area contributed by atoms with Crippen LogP contribution >= 0.6 is 18.7 Å². The second kappa shape index (κ2) is 3.71. The van der Waals surface area contributed by atoms with Crippen LogP contribution in [0.3, 0.4) is 0 Å². The van der Waals surface area contributed by atoms with Crippen molar-refractivity contribution < 1.29 is 9.49 Å². The van der Waals surface area contributed by atoms with Gasteiger partial charge in [0, 0.05) is 17.4 Å². The second-order valence-electron chi connectivity index (χ2n) is 3.24. The topological polar surface area (TPSA) is 60.2 Å². The summed E-state index contributed by atoms with van der Waals surface area (Å²) < 4.78 is 11.7. The molecule has 1 aromatic rings. The fourth-order valence-electron chi connectivity index (χ4n) is 1.05. The van der Waals surface area contributed by atoms with Gasteiger partial charge < -0.3 is 4.57 Å². The minimum atomic E-state index is -2.46. The van der Waals surface area contributed by atoms with E-state index in [1.165, 1.54) is 18.2 Å². The lowest BCUT2D eigenvalue weighted by atomic mass is 10.3. The summed E-state index contributed by atoms with van der Waals surface area (Å²) in [5.74, 6) is 0. The maximum absolute atomic E-state index is 11.7. The number of hydrogen-bond acceptors (Lipinski definition) is 3. The molecule has 1 aromatic carbocycles. The van der Waals surface area contributed by atoms with Crippen LogP contribution in [0.4, 0.5) is 5.69 Å². The molecule has 6 heteroatoms. The van der Waals surface area contributed by atoms with E-state index < -0.39 is 12.1 Å². The number of rotatable bonds is 2. The van der Waals surface area contributed by atoms with Crippen molar-refractivity contribution in [1.82, 2.24) is 0 Å². The van der Waals surface area contributed by atoms with Gasteiger partial charge in [0.1, 0.15) is 7.14 Å². The van der Waals surface area contributed by atoms with E-state index in [0.29, 0.717) is 5.30 Å². The molecule has 0 fully saturated rings. The maximum atomic E-state index is 11.7. The van der Waals surface area contributed by atoms with Crippen LogP contribution in [0.25, 0.3) is 0 Å². The molecule has 0 heterocycles. The van der Waals surface area contributed by atoms with Crippen LogP contribution < -0.4 is 5.30 Å². The maximum Gasteiger partial charge on any atom is 0.270 e. The van der Waals surface area contributed by atoms with Crippen molar-refractivity contribution in [2.45, 2.75) is 0 Å². The molecule has 0 aliphatic heterocycles. The van der Waals surface area contributed by atoms with Crippen molar-refractivity contribution in [2.24, 2.45) is 0 Å². The molecule has 0 aliphatic carbocycles. The lowest BCUT2D eigenvalue weighted by Crippen LogP contribution is -2.04. The SMILES string of the molecule is CP(C)(=O)c1ccc([N+](=O)[O-])cc1Cl. The summed E-state index contributed by atoms with van der Waals surface area (Å²) in [5.41, 5.74) is -0.0906. The first-order valence-electron chi connectivity index (χ1n) is 3.82. The molecular formula is C8H9ClNO3P. The smallest absolute Gasteiger partial charge is 0.270 e. The Kier molecular flexibility index (Phi) is 2.98. The van der Waals surface area contributed by atoms with Gasteiger partial charge in [-0.25, -0.2) is 0 Å². The van der Waals surface area contributed by atoms with Gasteiger partial charge >= 0.3 is 0 Å². The number of nitro benzene ring substituents is 1. The fraction of sp³-hybridized carbons (Fsp3) is 0.250. The lowest BCUT2D eigenvalue weighted by molar-refractivity contribution is -0.384. The third-order valence-corrected chi connectivity index (χ3v) is 3.72. The third-order valence-electron chi connectivity index (χ3n) is 1.72. The quantitative estimate of drug-likeness (QED) is 0.448. The molecule has 0 amide bonds. The summed E-state index contributed by atoms with van der Waals surface area (Å²) in [5, 5.41) is 11.1. The van der Waals surface area contributed by atoms with Crippen LogP contribution in [0, 0.1) is 10.1 Å². The van der Waals surface area contributed by atoms with E-state index in [1.54, 1.807) is 13.3 Å². The van der Waals surface area contributed by atoms with E-state index in [1.807, 2.05) is 0 Å². The minimum Gasteiger partial charge on any atom is -0.319 e. The zero-order chi connectivity index (χ0) is 10.9. The normalized spacial score (nSPS) is 11.4. The van der Waals surface area contributed by atoms with Gasteiger partial charge in [0.25, 0.3) is 5.69 Å². The number of halogens is 1. The number of nitro groups is 1. The summed E-state index contributed by atoms with van der Waals surface area (Å²) in [6.07, 6.45) is 0. The van der Waals surface area contributed by atoms with E-state index in [0.717, 1.165) is 0 Å². The van der Waals surface area contributed by atoms with Gasteiger partial charge in [-0.15, -0.1) is 0 Å². The largest absolute Gasteiger partial charge is 0.319 e. The average molecular weight is 234 g/mol. The second-order valence-corrected chi connectivity index (χ2v) is 6.83. The van der Waals surface area contributed by atoms with Crippen LogP contribution in [0.1, 0.15) is 0 Å². The van der Waals surface area contributed by atoms with Crippen LogP contribution in [0.2, 0.25) is 5.02 Å². The Morgan fingerprint density at radius 1 is 1.43 bits per heavy atom. The van der Waals surface area contributed by atoms with Crippen molar-refractivity contribution in [1.29, 1.82) is 0 Å². The van der Waals surface area contributed by atoms with E-state index >= 15 is 0 Å². The van der Waals surface area contributed by atoms with Crippen LogP contribution in [-0.2, 0) is 4.57 Å². The molecule has 0 unspecified atom stereocenters. The zero-order valence-electron chi connectivity index (χ0n) is 7.73. The number of non-ortho nitro benzene ring substituents is 1. The third kappa shape index (κ3) is 2.34. The van der Waals surface area contributed by atoms with Crippen molar-refractivity contribution in [3.05, 3.63) is 33.3 Å². The summed E-state index contributed by atoms with van der Waals surface area (Å²) >= 11 is 5.78. The van der Waals surface area contributed by atoms with Gasteiger partial charge in [-0.3, -0.25) is 10.1 Å². The molecule has 1 rings (SSSR count). The Morgan fingerprint density at radius 3 is 2.36 bits per heavy atom. The van der Waals surface area contributed by atoms with Crippen molar-refractivity contribution in [3.63, 3.8) is 0 Å². The van der Waals surface area contributed by atoms with Gasteiger partial charge in [0.15, 0.2) is 0 Å². The Bertz CT molecular complexity index is 427. The van der Waals surface area contributed by atoms with Gasteiger partial charge in [0.05, 0.1) is 9.95 Å². The molecule has 0 aromatic heterocycles. The molecule has 4 nitrogen and oxygen atoms in total. The highest BCUT2D eigenvalue weighted by Crippen LogP contribution is 2.38. The number of benzene rings is 1. The molecule has 0 saturated carbocycles. The zero-order valence-corrected chi connectivity index (χ0v) is 9.38. The minimum absolute atomic E-state index is 0.0906. The highest BCUT2D eigenvalue weighted by atomic mass is 35.5. The van der Waals surface area contributed by atoms with Crippen molar-refractivity contribution in [2.75, 3.05) is 13.3 Å².